The van der Waals surface area contributed by atoms with Crippen LogP contribution in [0.15, 0.2) is 56.7 Å². The predicted octanol–water partition coefficient (Wildman–Crippen LogP) is 6.37. The van der Waals surface area contributed by atoms with Gasteiger partial charge in [0.25, 0.3) is 0 Å². The average Bonchev–Trinajstić information content (AvgIpc) is 2.47. The first-order valence-electron chi connectivity index (χ1n) is 7.17. The Bertz CT molecular complexity index is 690. The van der Waals surface area contributed by atoms with Crippen molar-refractivity contribution in [2.45, 2.75) is 16.2 Å². The van der Waals surface area contributed by atoms with Crippen LogP contribution in [0.4, 0.5) is 0 Å². The van der Waals surface area contributed by atoms with E-state index in [4.69, 9.17) is 11.6 Å². The van der Waals surface area contributed by atoms with Crippen molar-refractivity contribution < 1.29 is 0 Å². The number of hydrogen-bond donors (Lipinski definition) is 0. The number of rotatable bonds is 3. The molecule has 1 aliphatic rings. The maximum atomic E-state index is 6.23. The second kappa shape index (κ2) is 8.09. The molecular weight excluding hydrogens is 413 g/mol. The van der Waals surface area contributed by atoms with Gasteiger partial charge in [-0.2, -0.15) is 0 Å². The fourth-order valence-electron chi connectivity index (χ4n) is 2.55. The number of fused-ring (bicyclic) bond motifs is 2. The fourth-order valence-corrected chi connectivity index (χ4v) is 4.15. The summed E-state index contributed by atoms with van der Waals surface area (Å²) in [7, 11) is 4.20. The van der Waals surface area contributed by atoms with Crippen LogP contribution in [0, 0.1) is 0 Å². The summed E-state index contributed by atoms with van der Waals surface area (Å²) in [5.74, 6) is 0. The van der Waals surface area contributed by atoms with Crippen LogP contribution >= 0.6 is 51.7 Å². The van der Waals surface area contributed by atoms with Crippen LogP contribution in [0.1, 0.15) is 17.5 Å². The zero-order chi connectivity index (χ0) is 15.7. The lowest BCUT2D eigenvalue weighted by Crippen LogP contribution is -2.12. The molecule has 23 heavy (non-hydrogen) atoms. The van der Waals surface area contributed by atoms with Gasteiger partial charge in [-0.05, 0) is 73.6 Å². The minimum Gasteiger partial charge on any atom is -0.309 e. The molecule has 3 rings (SSSR count). The molecule has 0 radical (unpaired) electrons. The van der Waals surface area contributed by atoms with Gasteiger partial charge in [0, 0.05) is 25.8 Å². The van der Waals surface area contributed by atoms with Gasteiger partial charge in [-0.15, -0.1) is 12.4 Å². The van der Waals surface area contributed by atoms with E-state index in [0.29, 0.717) is 0 Å². The maximum Gasteiger partial charge on any atom is 0.0412 e. The molecule has 0 bridgehead atoms. The Morgan fingerprint density at radius 2 is 1.74 bits per heavy atom. The van der Waals surface area contributed by atoms with E-state index in [1.807, 2.05) is 17.8 Å². The zero-order valence-corrected chi connectivity index (χ0v) is 17.0. The molecule has 0 aliphatic carbocycles. The van der Waals surface area contributed by atoms with E-state index in [1.165, 1.54) is 26.5 Å². The van der Waals surface area contributed by atoms with E-state index in [1.54, 1.807) is 0 Å². The maximum absolute atomic E-state index is 6.23. The zero-order valence-electron chi connectivity index (χ0n) is 13.0. The van der Waals surface area contributed by atoms with Gasteiger partial charge >= 0.3 is 0 Å². The summed E-state index contributed by atoms with van der Waals surface area (Å²) in [5.41, 5.74) is 3.81. The van der Waals surface area contributed by atoms with Gasteiger partial charge in [-0.1, -0.05) is 45.4 Å². The van der Waals surface area contributed by atoms with E-state index < -0.39 is 0 Å². The molecule has 2 aromatic carbocycles. The van der Waals surface area contributed by atoms with Gasteiger partial charge in [0.2, 0.25) is 0 Å². The molecule has 0 fully saturated rings. The van der Waals surface area contributed by atoms with E-state index in [2.05, 4.69) is 71.3 Å². The Balaban J connectivity index is 0.00000192. The molecule has 0 spiro atoms. The van der Waals surface area contributed by atoms with Crippen molar-refractivity contribution in [2.24, 2.45) is 0 Å². The highest BCUT2D eigenvalue weighted by Crippen LogP contribution is 2.46. The first kappa shape index (κ1) is 18.9. The minimum atomic E-state index is 0. The van der Waals surface area contributed by atoms with Gasteiger partial charge in [-0.25, -0.2) is 0 Å². The van der Waals surface area contributed by atoms with E-state index in [-0.39, 0.29) is 12.4 Å². The SMILES string of the molecule is CN(C)CC/C=C1\c2cc(Cl)ccc2Sc2ccc(Br)cc21.Cl. The number of nitrogens with zero attached hydrogens (tertiary/aromatic N) is 1. The first-order valence-corrected chi connectivity index (χ1v) is 9.16. The van der Waals surface area contributed by atoms with Crippen molar-refractivity contribution in [3.63, 3.8) is 0 Å². The summed E-state index contributed by atoms with van der Waals surface area (Å²) >= 11 is 11.6. The van der Waals surface area contributed by atoms with Gasteiger partial charge in [-0.3, -0.25) is 0 Å². The normalized spacial score (nSPS) is 14.4. The largest absolute Gasteiger partial charge is 0.309 e. The molecule has 0 atom stereocenters. The van der Waals surface area contributed by atoms with Crippen LogP contribution in [-0.4, -0.2) is 25.5 Å². The number of halogens is 3. The third-order valence-corrected chi connectivity index (χ3v) is 5.49. The van der Waals surface area contributed by atoms with E-state index in [9.17, 15) is 0 Å². The highest BCUT2D eigenvalue weighted by Gasteiger charge is 2.21. The lowest BCUT2D eigenvalue weighted by Gasteiger charge is -2.23. The third kappa shape index (κ3) is 4.34. The van der Waals surface area contributed by atoms with E-state index in [0.717, 1.165) is 22.5 Å². The molecular formula is C18H18BrCl2NS. The molecule has 0 N–H and O–H groups in total. The molecule has 122 valence electrons. The molecule has 0 amide bonds. The lowest BCUT2D eigenvalue weighted by molar-refractivity contribution is 0.417. The number of hydrogen-bond acceptors (Lipinski definition) is 2. The van der Waals surface area contributed by atoms with Crippen molar-refractivity contribution in [3.8, 4) is 0 Å². The molecule has 0 unspecified atom stereocenters. The van der Waals surface area contributed by atoms with Crippen LogP contribution in [0.3, 0.4) is 0 Å². The molecule has 0 saturated heterocycles. The highest BCUT2D eigenvalue weighted by atomic mass is 79.9. The molecule has 0 aromatic heterocycles. The molecule has 5 heteroatoms. The Hall–Kier alpha value is -0.450. The van der Waals surface area contributed by atoms with Crippen LogP contribution in [0.25, 0.3) is 5.57 Å². The summed E-state index contributed by atoms with van der Waals surface area (Å²) in [6, 6.07) is 12.6. The second-order valence-electron chi connectivity index (χ2n) is 5.59. The van der Waals surface area contributed by atoms with Crippen LogP contribution in [0.2, 0.25) is 5.02 Å². The Labute approximate surface area is 161 Å². The Morgan fingerprint density at radius 1 is 1.09 bits per heavy atom. The van der Waals surface area contributed by atoms with Crippen LogP contribution in [0.5, 0.6) is 0 Å². The molecule has 1 nitrogen and oxygen atoms in total. The van der Waals surface area contributed by atoms with Crippen LogP contribution < -0.4 is 0 Å². The standard InChI is InChI=1S/C18H17BrClNS.ClH/c1-21(2)9-3-4-14-15-10-12(19)5-7-17(15)22-18-8-6-13(20)11-16(14)18;/h4-8,10-11H,3,9H2,1-2H3;1H/b14-4-;. The minimum absolute atomic E-state index is 0. The lowest BCUT2D eigenvalue weighted by atomic mass is 9.96. The van der Waals surface area contributed by atoms with Crippen molar-refractivity contribution in [2.75, 3.05) is 20.6 Å². The topological polar surface area (TPSA) is 3.24 Å². The second-order valence-corrected chi connectivity index (χ2v) is 8.03. The smallest absolute Gasteiger partial charge is 0.0412 e. The van der Waals surface area contributed by atoms with Gasteiger partial charge in [0.05, 0.1) is 0 Å². The molecule has 0 saturated carbocycles. The van der Waals surface area contributed by atoms with Gasteiger partial charge < -0.3 is 4.90 Å². The van der Waals surface area contributed by atoms with Crippen molar-refractivity contribution >= 4 is 57.3 Å². The monoisotopic (exact) mass is 429 g/mol. The predicted molar refractivity (Wildman–Crippen MR) is 107 cm³/mol. The average molecular weight is 431 g/mol. The van der Waals surface area contributed by atoms with Crippen molar-refractivity contribution in [1.29, 1.82) is 0 Å². The summed E-state index contributed by atoms with van der Waals surface area (Å²) < 4.78 is 1.11. The van der Waals surface area contributed by atoms with Crippen molar-refractivity contribution in [3.05, 3.63) is 63.1 Å². The quantitative estimate of drug-likeness (QED) is 0.474. The molecule has 2 aromatic rings. The van der Waals surface area contributed by atoms with Gasteiger partial charge in [0.1, 0.15) is 0 Å². The third-order valence-electron chi connectivity index (χ3n) is 3.61. The number of benzene rings is 2. The summed E-state index contributed by atoms with van der Waals surface area (Å²) in [6.07, 6.45) is 3.35. The summed E-state index contributed by atoms with van der Waals surface area (Å²) in [6.45, 7) is 1.04. The summed E-state index contributed by atoms with van der Waals surface area (Å²) in [5, 5.41) is 0.788. The first-order chi connectivity index (χ1) is 10.5. The molecule has 1 aliphatic heterocycles. The highest BCUT2D eigenvalue weighted by molar-refractivity contribution is 9.10. The van der Waals surface area contributed by atoms with Crippen molar-refractivity contribution in [1.82, 2.24) is 4.90 Å². The van der Waals surface area contributed by atoms with E-state index >= 15 is 0 Å². The summed E-state index contributed by atoms with van der Waals surface area (Å²) in [4.78, 5) is 4.78. The fraction of sp³-hybridized carbons (Fsp3) is 0.222. The van der Waals surface area contributed by atoms with Gasteiger partial charge in [0.15, 0.2) is 0 Å². The molecule has 1 heterocycles. The Morgan fingerprint density at radius 3 is 2.43 bits per heavy atom. The van der Waals surface area contributed by atoms with Crippen LogP contribution in [-0.2, 0) is 0 Å². The Kier molecular flexibility index (Phi) is 6.64.